The lowest BCUT2D eigenvalue weighted by Crippen LogP contribution is -2.30. The lowest BCUT2D eigenvalue weighted by atomic mass is 10.2. The first-order chi connectivity index (χ1) is 15.3. The van der Waals surface area contributed by atoms with E-state index >= 15 is 0 Å². The molecule has 0 bridgehead atoms. The maximum atomic E-state index is 13.0. The molecule has 0 aromatic heterocycles. The third kappa shape index (κ3) is 6.94. The highest BCUT2D eigenvalue weighted by atomic mass is 32.2. The Morgan fingerprint density at radius 3 is 2.25 bits per heavy atom. The molecule has 0 atom stereocenters. The smallest absolute Gasteiger partial charge is 0.243 e. The lowest BCUT2D eigenvalue weighted by molar-refractivity contribution is -0.116. The molecule has 9 heteroatoms. The Hall–Kier alpha value is -2.62. The van der Waals surface area contributed by atoms with E-state index in [0.717, 1.165) is 0 Å². The van der Waals surface area contributed by atoms with Gasteiger partial charge in [-0.2, -0.15) is 4.31 Å². The number of hydrogen-bond donors (Lipinski definition) is 1. The Balaban J connectivity index is 2.35. The van der Waals surface area contributed by atoms with Gasteiger partial charge in [0.15, 0.2) is 5.75 Å². The zero-order valence-corrected chi connectivity index (χ0v) is 19.9. The fourth-order valence-electron chi connectivity index (χ4n) is 3.06. The van der Waals surface area contributed by atoms with Crippen molar-refractivity contribution in [1.82, 2.24) is 4.31 Å². The monoisotopic (exact) mass is 464 g/mol. The zero-order valence-electron chi connectivity index (χ0n) is 19.1. The van der Waals surface area contributed by atoms with Crippen LogP contribution in [0.15, 0.2) is 47.4 Å². The maximum Gasteiger partial charge on any atom is 0.243 e. The summed E-state index contributed by atoms with van der Waals surface area (Å²) in [6.07, 6.45) is 0.790. The van der Waals surface area contributed by atoms with Crippen LogP contribution in [0.4, 0.5) is 5.69 Å². The van der Waals surface area contributed by atoms with Crippen LogP contribution < -0.4 is 14.8 Å². The maximum absolute atomic E-state index is 13.0. The van der Waals surface area contributed by atoms with Crippen LogP contribution in [0.25, 0.3) is 0 Å². The van der Waals surface area contributed by atoms with E-state index in [9.17, 15) is 13.2 Å². The molecule has 32 heavy (non-hydrogen) atoms. The van der Waals surface area contributed by atoms with Crippen molar-refractivity contribution in [3.63, 3.8) is 0 Å². The van der Waals surface area contributed by atoms with Gasteiger partial charge in [-0.3, -0.25) is 4.79 Å². The van der Waals surface area contributed by atoms with Crippen LogP contribution in [0.2, 0.25) is 0 Å². The van der Waals surface area contributed by atoms with Gasteiger partial charge in [0.05, 0.1) is 17.2 Å². The van der Waals surface area contributed by atoms with Crippen molar-refractivity contribution < 1.29 is 27.4 Å². The molecule has 2 aromatic carbocycles. The van der Waals surface area contributed by atoms with Crippen molar-refractivity contribution in [1.29, 1.82) is 0 Å². The number of carbonyl (C=O) groups excluding carboxylic acids is 1. The fraction of sp³-hybridized carbons (Fsp3) is 0.435. The zero-order chi connectivity index (χ0) is 23.6. The van der Waals surface area contributed by atoms with Crippen molar-refractivity contribution in [3.05, 3.63) is 42.5 Å². The van der Waals surface area contributed by atoms with Crippen LogP contribution in [0.5, 0.6) is 17.2 Å². The predicted octanol–water partition coefficient (Wildman–Crippen LogP) is 4.27. The molecule has 2 aromatic rings. The summed E-state index contributed by atoms with van der Waals surface area (Å²) in [6.45, 7) is 7.18. The van der Waals surface area contributed by atoms with Gasteiger partial charge in [0, 0.05) is 33.2 Å². The molecule has 0 aliphatic carbocycles. The van der Waals surface area contributed by atoms with E-state index < -0.39 is 10.0 Å². The average Bonchev–Trinajstić information content (AvgIpc) is 2.77. The summed E-state index contributed by atoms with van der Waals surface area (Å²) in [5.41, 5.74) is 0.287. The summed E-state index contributed by atoms with van der Waals surface area (Å²) in [4.78, 5) is 12.5. The molecular weight excluding hydrogens is 432 g/mol. The number of hydrogen-bond acceptors (Lipinski definition) is 6. The van der Waals surface area contributed by atoms with Crippen LogP contribution >= 0.6 is 0 Å². The predicted molar refractivity (Wildman–Crippen MR) is 124 cm³/mol. The molecule has 1 N–H and O–H groups in total. The van der Waals surface area contributed by atoms with Crippen molar-refractivity contribution in [2.45, 2.75) is 38.5 Å². The Kier molecular flexibility index (Phi) is 9.96. The highest BCUT2D eigenvalue weighted by Crippen LogP contribution is 2.33. The first-order valence-electron chi connectivity index (χ1n) is 10.7. The topological polar surface area (TPSA) is 94.2 Å². The second-order valence-electron chi connectivity index (χ2n) is 6.90. The molecule has 0 aliphatic heterocycles. The van der Waals surface area contributed by atoms with Crippen molar-refractivity contribution in [3.8, 4) is 17.2 Å². The number of benzene rings is 2. The number of methoxy groups -OCH3 is 1. The SMILES string of the molecule is CCOc1ccc(Oc2ccc(S(=O)(=O)N(CC)CC)cc2NC(=O)CCCOC)cc1. The van der Waals surface area contributed by atoms with E-state index in [1.54, 1.807) is 51.3 Å². The van der Waals surface area contributed by atoms with Crippen LogP contribution in [0.1, 0.15) is 33.6 Å². The molecule has 176 valence electrons. The summed E-state index contributed by atoms with van der Waals surface area (Å²) in [6, 6.07) is 11.5. The summed E-state index contributed by atoms with van der Waals surface area (Å²) in [5, 5.41) is 2.78. The van der Waals surface area contributed by atoms with Gasteiger partial charge in [-0.15, -0.1) is 0 Å². The van der Waals surface area contributed by atoms with E-state index in [0.29, 0.717) is 50.0 Å². The first kappa shape index (κ1) is 25.6. The molecule has 2 rings (SSSR count). The molecule has 0 radical (unpaired) electrons. The van der Waals surface area contributed by atoms with Gasteiger partial charge in [0.25, 0.3) is 0 Å². The van der Waals surface area contributed by atoms with E-state index in [-0.39, 0.29) is 22.9 Å². The number of rotatable bonds is 13. The number of nitrogens with one attached hydrogen (secondary N) is 1. The lowest BCUT2D eigenvalue weighted by Gasteiger charge is -2.20. The largest absolute Gasteiger partial charge is 0.494 e. The van der Waals surface area contributed by atoms with Gasteiger partial charge in [-0.25, -0.2) is 8.42 Å². The number of ether oxygens (including phenoxy) is 3. The van der Waals surface area contributed by atoms with Crippen LogP contribution in [0.3, 0.4) is 0 Å². The van der Waals surface area contributed by atoms with Gasteiger partial charge in [-0.1, -0.05) is 13.8 Å². The number of nitrogens with zero attached hydrogens (tertiary/aromatic N) is 1. The highest BCUT2D eigenvalue weighted by molar-refractivity contribution is 7.89. The van der Waals surface area contributed by atoms with Gasteiger partial charge < -0.3 is 19.5 Å². The molecule has 0 fully saturated rings. The minimum atomic E-state index is -3.69. The molecular formula is C23H32N2O6S. The Morgan fingerprint density at radius 2 is 1.66 bits per heavy atom. The van der Waals surface area contributed by atoms with Gasteiger partial charge >= 0.3 is 0 Å². The Bertz CT molecular complexity index is 972. The normalized spacial score (nSPS) is 11.4. The summed E-state index contributed by atoms with van der Waals surface area (Å²) in [7, 11) is -2.12. The van der Waals surface area contributed by atoms with E-state index in [2.05, 4.69) is 5.32 Å². The standard InChI is InChI=1S/C23H32N2O6S/c1-5-25(6-2)32(27,28)20-14-15-22(21(17-20)24-23(26)9-8-16-29-4)31-19-12-10-18(11-13-19)30-7-3/h10-15,17H,5-9,16H2,1-4H3,(H,24,26). The van der Waals surface area contributed by atoms with Gasteiger partial charge in [0.2, 0.25) is 15.9 Å². The molecule has 0 saturated heterocycles. The number of carbonyl (C=O) groups is 1. The quantitative estimate of drug-likeness (QED) is 0.445. The first-order valence-corrected chi connectivity index (χ1v) is 12.1. The second kappa shape index (κ2) is 12.4. The van der Waals surface area contributed by atoms with Gasteiger partial charge in [-0.05, 0) is 55.8 Å². The Labute approximate surface area is 190 Å². The summed E-state index contributed by atoms with van der Waals surface area (Å²) < 4.78 is 43.6. The molecule has 0 heterocycles. The van der Waals surface area contributed by atoms with Crippen molar-refractivity contribution >= 4 is 21.6 Å². The fourth-order valence-corrected chi connectivity index (χ4v) is 4.54. The number of anilines is 1. The van der Waals surface area contributed by atoms with Crippen LogP contribution in [-0.4, -0.2) is 52.0 Å². The highest BCUT2D eigenvalue weighted by Gasteiger charge is 2.23. The molecule has 0 unspecified atom stereocenters. The Morgan fingerprint density at radius 1 is 1.00 bits per heavy atom. The molecule has 0 saturated carbocycles. The van der Waals surface area contributed by atoms with Crippen LogP contribution in [-0.2, 0) is 19.6 Å². The third-order valence-corrected chi connectivity index (χ3v) is 6.73. The number of amides is 1. The van der Waals surface area contributed by atoms with E-state index in [1.165, 1.54) is 16.4 Å². The third-order valence-electron chi connectivity index (χ3n) is 4.68. The van der Waals surface area contributed by atoms with Crippen molar-refractivity contribution in [2.75, 3.05) is 38.7 Å². The van der Waals surface area contributed by atoms with E-state index in [4.69, 9.17) is 14.2 Å². The minimum Gasteiger partial charge on any atom is -0.494 e. The van der Waals surface area contributed by atoms with Crippen LogP contribution in [0, 0.1) is 0 Å². The van der Waals surface area contributed by atoms with Crippen molar-refractivity contribution in [2.24, 2.45) is 0 Å². The molecule has 0 spiro atoms. The summed E-state index contributed by atoms with van der Waals surface area (Å²) in [5.74, 6) is 1.33. The average molecular weight is 465 g/mol. The van der Waals surface area contributed by atoms with E-state index in [1.807, 2.05) is 6.92 Å². The van der Waals surface area contributed by atoms with Gasteiger partial charge in [0.1, 0.15) is 11.5 Å². The molecule has 0 aliphatic rings. The second-order valence-corrected chi connectivity index (χ2v) is 8.84. The molecule has 8 nitrogen and oxygen atoms in total. The molecule has 1 amide bonds. The number of sulfonamides is 1. The minimum absolute atomic E-state index is 0.0902. The summed E-state index contributed by atoms with van der Waals surface area (Å²) >= 11 is 0.